The van der Waals surface area contributed by atoms with Crippen LogP contribution < -0.4 is 0 Å². The highest BCUT2D eigenvalue weighted by molar-refractivity contribution is 7.21. The molecule has 4 aliphatic rings. The Kier molecular flexibility index (Phi) is 10.0. The predicted octanol–water partition coefficient (Wildman–Crippen LogP) is 17.8. The molecule has 0 fully saturated rings. The lowest BCUT2D eigenvalue weighted by molar-refractivity contribution is 0.322. The van der Waals surface area contributed by atoms with E-state index < -0.39 is 0 Å². The van der Waals surface area contributed by atoms with Gasteiger partial charge in [-0.3, -0.25) is 0 Å². The van der Waals surface area contributed by atoms with Crippen LogP contribution in [0.15, 0.2) is 35.0 Å². The fraction of sp³-hybridized carbons (Fsp3) is 0.643. The molecule has 0 N–H and O–H groups in total. The van der Waals surface area contributed by atoms with E-state index in [2.05, 4.69) is 146 Å². The van der Waals surface area contributed by atoms with Gasteiger partial charge in [0, 0.05) is 10.4 Å². The van der Waals surface area contributed by atoms with Gasteiger partial charge in [0.25, 0.3) is 0 Å². The number of hydrogen-bond acceptors (Lipinski definition) is 2. The van der Waals surface area contributed by atoms with Gasteiger partial charge in [-0.1, -0.05) is 123 Å². The van der Waals surface area contributed by atoms with Crippen LogP contribution in [0.2, 0.25) is 0 Å². The molecule has 0 bridgehead atoms. The molecule has 2 heteroatoms. The average Bonchev–Trinajstić information content (AvgIpc) is 4.02. The van der Waals surface area contributed by atoms with Crippen LogP contribution in [0.25, 0.3) is 32.0 Å². The molecular formula is C56H78S2. The zero-order chi connectivity index (χ0) is 42.2. The Hall–Kier alpha value is -2.16. The SMILES string of the molecule is CCC1(CC)CC(C)(C)c2c1cc1c(c2-c2csc(-c3sccc3-c3c4c(cc5c3C(C)(C)CC5(CC)CC)C(CC)(CC)CC4(C)C)c2)C(C)(C)CC1(CC)CC. The Balaban J connectivity index is 1.42. The fourth-order valence-corrected chi connectivity index (χ4v) is 17.3. The summed E-state index contributed by atoms with van der Waals surface area (Å²) in [6.45, 7) is 40.4. The van der Waals surface area contributed by atoms with Crippen molar-refractivity contribution < 1.29 is 0 Å². The van der Waals surface area contributed by atoms with Crippen molar-refractivity contribution in [2.24, 2.45) is 0 Å². The van der Waals surface area contributed by atoms with Crippen LogP contribution >= 0.6 is 22.7 Å². The van der Waals surface area contributed by atoms with Crippen molar-refractivity contribution in [2.45, 2.75) is 231 Å². The van der Waals surface area contributed by atoms with Crippen LogP contribution in [0.3, 0.4) is 0 Å². The largest absolute Gasteiger partial charge is 0.142 e. The van der Waals surface area contributed by atoms with Gasteiger partial charge in [-0.25, -0.2) is 0 Å². The topological polar surface area (TPSA) is 0 Å². The van der Waals surface area contributed by atoms with Crippen molar-refractivity contribution in [2.75, 3.05) is 0 Å². The van der Waals surface area contributed by atoms with Gasteiger partial charge < -0.3 is 0 Å². The van der Waals surface area contributed by atoms with Crippen LogP contribution in [0.5, 0.6) is 0 Å². The number of benzene rings is 2. The molecule has 4 aromatic rings. The van der Waals surface area contributed by atoms with Crippen molar-refractivity contribution in [1.29, 1.82) is 0 Å². The van der Waals surface area contributed by atoms with Crippen molar-refractivity contribution in [3.63, 3.8) is 0 Å². The van der Waals surface area contributed by atoms with Crippen LogP contribution in [-0.4, -0.2) is 0 Å². The molecule has 0 saturated heterocycles. The Morgan fingerprint density at radius 3 is 1.09 bits per heavy atom. The summed E-state index contributed by atoms with van der Waals surface area (Å²) in [6.07, 6.45) is 14.7. The molecule has 0 amide bonds. The third kappa shape index (κ3) is 5.53. The Labute approximate surface area is 363 Å². The highest BCUT2D eigenvalue weighted by Gasteiger charge is 2.56. The number of thiophene rings is 2. The molecule has 0 unspecified atom stereocenters. The summed E-state index contributed by atoms with van der Waals surface area (Å²) in [6, 6.07) is 10.8. The third-order valence-corrected chi connectivity index (χ3v) is 20.3. The molecule has 2 heterocycles. The lowest BCUT2D eigenvalue weighted by Crippen LogP contribution is -2.26. The van der Waals surface area contributed by atoms with Crippen LogP contribution in [0.1, 0.15) is 232 Å². The van der Waals surface area contributed by atoms with Gasteiger partial charge in [0.15, 0.2) is 0 Å². The molecule has 2 aromatic heterocycles. The van der Waals surface area contributed by atoms with Gasteiger partial charge in [0.05, 0.1) is 4.88 Å². The number of rotatable bonds is 11. The third-order valence-electron chi connectivity index (χ3n) is 18.2. The lowest BCUT2D eigenvalue weighted by Gasteiger charge is -2.32. The smallest absolute Gasteiger partial charge is 0.0521 e. The zero-order valence-corrected chi connectivity index (χ0v) is 41.4. The van der Waals surface area contributed by atoms with Crippen molar-refractivity contribution in [1.82, 2.24) is 0 Å². The first-order valence-corrected chi connectivity index (χ1v) is 25.6. The van der Waals surface area contributed by atoms with E-state index in [0.717, 1.165) is 0 Å². The molecule has 314 valence electrons. The maximum Gasteiger partial charge on any atom is 0.0521 e. The molecule has 0 radical (unpaired) electrons. The van der Waals surface area contributed by atoms with Crippen LogP contribution in [0.4, 0.5) is 0 Å². The number of hydrogen-bond donors (Lipinski definition) is 0. The van der Waals surface area contributed by atoms with E-state index in [1.807, 2.05) is 22.7 Å². The molecule has 4 aliphatic carbocycles. The predicted molar refractivity (Wildman–Crippen MR) is 258 cm³/mol. The molecule has 0 atom stereocenters. The first-order chi connectivity index (χ1) is 27.2. The van der Waals surface area contributed by atoms with Crippen molar-refractivity contribution >= 4 is 22.7 Å². The molecular weight excluding hydrogens is 737 g/mol. The van der Waals surface area contributed by atoms with E-state index in [4.69, 9.17) is 0 Å². The minimum Gasteiger partial charge on any atom is -0.142 e. The summed E-state index contributed by atoms with van der Waals surface area (Å²) >= 11 is 4.01. The second-order valence-corrected chi connectivity index (χ2v) is 24.6. The van der Waals surface area contributed by atoms with E-state index in [9.17, 15) is 0 Å². The highest BCUT2D eigenvalue weighted by atomic mass is 32.1. The highest BCUT2D eigenvalue weighted by Crippen LogP contribution is 2.66. The van der Waals surface area contributed by atoms with Gasteiger partial charge in [-0.05, 0) is 204 Å². The fourth-order valence-electron chi connectivity index (χ4n) is 15.3. The van der Waals surface area contributed by atoms with E-state index in [1.54, 1.807) is 55.6 Å². The number of fused-ring (bicyclic) bond motifs is 4. The summed E-state index contributed by atoms with van der Waals surface area (Å²) in [7, 11) is 0. The summed E-state index contributed by atoms with van der Waals surface area (Å²) in [5.41, 5.74) is 21.1. The molecule has 8 rings (SSSR count). The van der Waals surface area contributed by atoms with Crippen LogP contribution in [-0.2, 0) is 43.3 Å². The normalized spacial score (nSPS) is 22.8. The van der Waals surface area contributed by atoms with E-state index in [0.29, 0.717) is 0 Å². The maximum atomic E-state index is 2.80. The van der Waals surface area contributed by atoms with E-state index in [1.165, 1.54) is 97.9 Å². The molecule has 0 nitrogen and oxygen atoms in total. The molecule has 0 spiro atoms. The lowest BCUT2D eigenvalue weighted by atomic mass is 9.72. The summed E-state index contributed by atoms with van der Waals surface area (Å²) in [5.74, 6) is 0. The first kappa shape index (κ1) is 42.5. The van der Waals surface area contributed by atoms with Crippen LogP contribution in [0, 0.1) is 0 Å². The quantitative estimate of drug-likeness (QED) is 0.141. The molecule has 58 heavy (non-hydrogen) atoms. The second-order valence-electron chi connectivity index (χ2n) is 22.7. The Morgan fingerprint density at radius 1 is 0.431 bits per heavy atom. The standard InChI is InChI=1S/C56H78S2/c1-17-53(18-2)31-49(9,10)44-37(53)28-38-45(50(11,12)32-54(38,19-3)20-4)42(44)35-27-41(58-30-35)48-36(25-26-57-48)43-46-39(55(21-5,22-6)33-51(46,13)14)29-40-47(43)52(15,16)34-56(40,23-7)24-8/h25-30H,17-24,31-34H2,1-16H3. The van der Waals surface area contributed by atoms with Crippen molar-refractivity contribution in [3.05, 3.63) is 79.5 Å². The Morgan fingerprint density at radius 2 is 0.759 bits per heavy atom. The van der Waals surface area contributed by atoms with Gasteiger partial charge in [0.2, 0.25) is 0 Å². The summed E-state index contributed by atoms with van der Waals surface area (Å²) < 4.78 is 0. The summed E-state index contributed by atoms with van der Waals surface area (Å²) in [5, 5.41) is 5.01. The average molecular weight is 815 g/mol. The molecule has 0 saturated carbocycles. The summed E-state index contributed by atoms with van der Waals surface area (Å²) in [4.78, 5) is 2.95. The Bertz CT molecular complexity index is 2130. The first-order valence-electron chi connectivity index (χ1n) is 23.8. The van der Waals surface area contributed by atoms with Gasteiger partial charge in [-0.15, -0.1) is 22.7 Å². The minimum absolute atomic E-state index is 0.115. The minimum atomic E-state index is 0.115. The second kappa shape index (κ2) is 13.7. The zero-order valence-electron chi connectivity index (χ0n) is 39.8. The molecule has 2 aromatic carbocycles. The monoisotopic (exact) mass is 815 g/mol. The maximum absolute atomic E-state index is 2.80. The van der Waals surface area contributed by atoms with E-state index >= 15 is 0 Å². The van der Waals surface area contributed by atoms with E-state index in [-0.39, 0.29) is 43.3 Å². The van der Waals surface area contributed by atoms with Gasteiger partial charge in [-0.2, -0.15) is 0 Å². The van der Waals surface area contributed by atoms with Gasteiger partial charge >= 0.3 is 0 Å². The van der Waals surface area contributed by atoms with Gasteiger partial charge in [0.1, 0.15) is 0 Å². The van der Waals surface area contributed by atoms with Crippen molar-refractivity contribution in [3.8, 4) is 32.0 Å². The molecule has 0 aliphatic heterocycles.